The second-order valence-corrected chi connectivity index (χ2v) is 10.9. The van der Waals surface area contributed by atoms with Crippen LogP contribution in [0.3, 0.4) is 0 Å². The molecular weight excluding hydrogens is 368 g/mol. The minimum absolute atomic E-state index is 0.0360. The molecule has 1 fully saturated rings. The highest BCUT2D eigenvalue weighted by molar-refractivity contribution is 7.94. The Labute approximate surface area is 146 Å². The number of sulfonamides is 2. The summed E-state index contributed by atoms with van der Waals surface area (Å²) in [7, 11) is -6.97. The first-order valence-electron chi connectivity index (χ1n) is 7.35. The lowest BCUT2D eigenvalue weighted by Crippen LogP contribution is -2.32. The van der Waals surface area contributed by atoms with Crippen LogP contribution in [0.4, 0.5) is 11.4 Å². The average molecular weight is 387 g/mol. The summed E-state index contributed by atoms with van der Waals surface area (Å²) in [5.74, 6) is 0. The molecule has 6 nitrogen and oxygen atoms in total. The molecule has 0 amide bonds. The van der Waals surface area contributed by atoms with Crippen LogP contribution in [-0.2, 0) is 20.0 Å². The van der Waals surface area contributed by atoms with Gasteiger partial charge in [-0.1, -0.05) is 0 Å². The van der Waals surface area contributed by atoms with E-state index in [2.05, 4.69) is 4.72 Å². The van der Waals surface area contributed by atoms with Crippen molar-refractivity contribution in [3.05, 3.63) is 41.3 Å². The summed E-state index contributed by atoms with van der Waals surface area (Å²) in [5, 5.41) is 0. The smallest absolute Gasteiger partial charge is 0.274 e. The molecule has 1 heterocycles. The fourth-order valence-corrected chi connectivity index (χ4v) is 6.04. The molecule has 0 spiro atoms. The first kappa shape index (κ1) is 17.2. The molecule has 3 rings (SSSR count). The minimum Gasteiger partial charge on any atom is -0.284 e. The van der Waals surface area contributed by atoms with E-state index in [1.807, 2.05) is 6.92 Å². The van der Waals surface area contributed by atoms with Crippen molar-refractivity contribution >= 4 is 42.8 Å². The van der Waals surface area contributed by atoms with Gasteiger partial charge in [0.05, 0.1) is 11.9 Å². The van der Waals surface area contributed by atoms with E-state index in [0.29, 0.717) is 15.6 Å². The molecule has 9 heteroatoms. The van der Waals surface area contributed by atoms with Crippen molar-refractivity contribution in [3.8, 4) is 0 Å². The van der Waals surface area contributed by atoms with Crippen LogP contribution in [0.15, 0.2) is 40.6 Å². The van der Waals surface area contributed by atoms with Crippen LogP contribution in [0.1, 0.15) is 17.7 Å². The zero-order valence-electron chi connectivity index (χ0n) is 13.3. The highest BCUT2D eigenvalue weighted by Gasteiger charge is 2.38. The predicted molar refractivity (Wildman–Crippen MR) is 96.7 cm³/mol. The highest BCUT2D eigenvalue weighted by atomic mass is 32.2. The SMILES string of the molecule is Cc1ccc(S(=O)(=O)N(c2ccc(NS(C)(=O)=O)cc2)C2CC2)s1. The number of benzene rings is 1. The molecule has 1 saturated carbocycles. The van der Waals surface area contributed by atoms with E-state index in [1.165, 1.54) is 15.6 Å². The topological polar surface area (TPSA) is 83.6 Å². The Morgan fingerprint density at radius 1 is 1.04 bits per heavy atom. The molecule has 24 heavy (non-hydrogen) atoms. The first-order valence-corrected chi connectivity index (χ1v) is 11.5. The second kappa shape index (κ2) is 6.05. The molecule has 0 radical (unpaired) electrons. The highest BCUT2D eigenvalue weighted by Crippen LogP contribution is 2.38. The summed E-state index contributed by atoms with van der Waals surface area (Å²) in [5.41, 5.74) is 0.948. The zero-order chi connectivity index (χ0) is 17.5. The Morgan fingerprint density at radius 2 is 1.67 bits per heavy atom. The summed E-state index contributed by atoms with van der Waals surface area (Å²) in [6.07, 6.45) is 2.72. The van der Waals surface area contributed by atoms with E-state index in [4.69, 9.17) is 0 Å². The van der Waals surface area contributed by atoms with E-state index in [-0.39, 0.29) is 6.04 Å². The number of hydrogen-bond acceptors (Lipinski definition) is 5. The van der Waals surface area contributed by atoms with E-state index in [1.54, 1.807) is 36.4 Å². The lowest BCUT2D eigenvalue weighted by Gasteiger charge is -2.23. The third-order valence-electron chi connectivity index (χ3n) is 3.53. The van der Waals surface area contributed by atoms with Crippen molar-refractivity contribution in [2.24, 2.45) is 0 Å². The van der Waals surface area contributed by atoms with Crippen molar-refractivity contribution < 1.29 is 16.8 Å². The van der Waals surface area contributed by atoms with Gasteiger partial charge in [0.25, 0.3) is 10.0 Å². The molecule has 1 aliphatic rings. The van der Waals surface area contributed by atoms with Crippen LogP contribution >= 0.6 is 11.3 Å². The van der Waals surface area contributed by atoms with Gasteiger partial charge >= 0.3 is 0 Å². The molecule has 130 valence electrons. The van der Waals surface area contributed by atoms with Gasteiger partial charge < -0.3 is 0 Å². The molecular formula is C15H18N2O4S3. The number of aryl methyl sites for hydroxylation is 1. The zero-order valence-corrected chi connectivity index (χ0v) is 15.7. The predicted octanol–water partition coefficient (Wildman–Crippen LogP) is 2.79. The number of nitrogens with one attached hydrogen (secondary N) is 1. The Morgan fingerprint density at radius 3 is 2.12 bits per heavy atom. The lowest BCUT2D eigenvalue weighted by molar-refractivity contribution is 0.592. The molecule has 1 N–H and O–H groups in total. The molecule has 0 atom stereocenters. The summed E-state index contributed by atoms with van der Waals surface area (Å²) in [6.45, 7) is 1.87. The van der Waals surface area contributed by atoms with E-state index < -0.39 is 20.0 Å². The molecule has 1 aromatic carbocycles. The third kappa shape index (κ3) is 3.73. The summed E-state index contributed by atoms with van der Waals surface area (Å²) >= 11 is 1.25. The normalized spacial score (nSPS) is 15.2. The summed E-state index contributed by atoms with van der Waals surface area (Å²) < 4.78 is 52.6. The van der Waals surface area contributed by atoms with Gasteiger partial charge in [-0.2, -0.15) is 0 Å². The fraction of sp³-hybridized carbons (Fsp3) is 0.333. The quantitative estimate of drug-likeness (QED) is 0.827. The number of nitrogens with zero attached hydrogens (tertiary/aromatic N) is 1. The third-order valence-corrected chi connectivity index (χ3v) is 7.49. The maximum atomic E-state index is 13.0. The van der Waals surface area contributed by atoms with Gasteiger partial charge in [0, 0.05) is 16.6 Å². The summed E-state index contributed by atoms with van der Waals surface area (Å²) in [4.78, 5) is 0.942. The van der Waals surface area contributed by atoms with Crippen LogP contribution in [-0.4, -0.2) is 29.1 Å². The molecule has 0 unspecified atom stereocenters. The van der Waals surface area contributed by atoms with Crippen LogP contribution in [0, 0.1) is 6.92 Å². The first-order chi connectivity index (χ1) is 11.2. The van der Waals surface area contributed by atoms with Crippen LogP contribution in [0.25, 0.3) is 0 Å². The van der Waals surface area contributed by atoms with Gasteiger partial charge in [0.15, 0.2) is 0 Å². The molecule has 1 aliphatic carbocycles. The maximum Gasteiger partial charge on any atom is 0.274 e. The largest absolute Gasteiger partial charge is 0.284 e. The molecule has 0 aliphatic heterocycles. The standard InChI is InChI=1S/C15H18N2O4S3/c1-11-3-10-15(22-11)24(20,21)17(14-8-9-14)13-6-4-12(5-7-13)16-23(2,18)19/h3-7,10,14,16H,8-9H2,1-2H3. The molecule has 0 saturated heterocycles. The van der Waals surface area contributed by atoms with Crippen LogP contribution in [0.5, 0.6) is 0 Å². The lowest BCUT2D eigenvalue weighted by atomic mass is 10.3. The Balaban J connectivity index is 1.95. The van der Waals surface area contributed by atoms with E-state index >= 15 is 0 Å². The van der Waals surface area contributed by atoms with Crippen molar-refractivity contribution in [3.63, 3.8) is 0 Å². The van der Waals surface area contributed by atoms with Gasteiger partial charge in [0.1, 0.15) is 4.21 Å². The van der Waals surface area contributed by atoms with E-state index in [0.717, 1.165) is 24.0 Å². The Hall–Kier alpha value is -1.58. The Kier molecular flexibility index (Phi) is 4.35. The molecule has 0 bridgehead atoms. The average Bonchev–Trinajstić information content (AvgIpc) is 3.18. The number of hydrogen-bond donors (Lipinski definition) is 1. The van der Waals surface area contributed by atoms with Crippen molar-refractivity contribution in [1.29, 1.82) is 0 Å². The number of rotatable bonds is 6. The van der Waals surface area contributed by atoms with Crippen molar-refractivity contribution in [1.82, 2.24) is 0 Å². The number of anilines is 2. The maximum absolute atomic E-state index is 13.0. The van der Waals surface area contributed by atoms with Crippen molar-refractivity contribution in [2.45, 2.75) is 30.0 Å². The van der Waals surface area contributed by atoms with Gasteiger partial charge in [-0.05, 0) is 56.2 Å². The molecule has 2 aromatic rings. The fourth-order valence-electron chi connectivity index (χ4n) is 2.39. The van der Waals surface area contributed by atoms with Gasteiger partial charge in [0.2, 0.25) is 10.0 Å². The van der Waals surface area contributed by atoms with E-state index in [9.17, 15) is 16.8 Å². The van der Waals surface area contributed by atoms with Crippen molar-refractivity contribution in [2.75, 3.05) is 15.3 Å². The summed E-state index contributed by atoms with van der Waals surface area (Å²) in [6, 6.07) is 9.79. The molecule has 1 aromatic heterocycles. The van der Waals surface area contributed by atoms with Gasteiger partial charge in [-0.3, -0.25) is 9.03 Å². The van der Waals surface area contributed by atoms with Crippen LogP contribution in [0.2, 0.25) is 0 Å². The second-order valence-electron chi connectivity index (χ2n) is 5.82. The van der Waals surface area contributed by atoms with Crippen LogP contribution < -0.4 is 9.03 Å². The van der Waals surface area contributed by atoms with Gasteiger partial charge in [-0.15, -0.1) is 11.3 Å². The Bertz CT molecular complexity index is 943. The number of thiophene rings is 1. The minimum atomic E-state index is -3.60. The van der Waals surface area contributed by atoms with Gasteiger partial charge in [-0.25, -0.2) is 16.8 Å². The monoisotopic (exact) mass is 386 g/mol.